The SMILES string of the molecule is CCC(NCCCc1c(C(=O)O)ccc(N)c1N)C(C)C. The van der Waals surface area contributed by atoms with Gasteiger partial charge in [0, 0.05) is 6.04 Å². The summed E-state index contributed by atoms with van der Waals surface area (Å²) >= 11 is 0. The summed E-state index contributed by atoms with van der Waals surface area (Å²) in [6.45, 7) is 7.39. The van der Waals surface area contributed by atoms with Gasteiger partial charge in [0.25, 0.3) is 0 Å². The van der Waals surface area contributed by atoms with Crippen molar-refractivity contribution < 1.29 is 9.90 Å². The third-order valence-electron chi connectivity index (χ3n) is 3.88. The number of nitrogens with one attached hydrogen (secondary N) is 1. The molecule has 1 rings (SSSR count). The van der Waals surface area contributed by atoms with E-state index in [1.807, 2.05) is 0 Å². The molecule has 0 saturated carbocycles. The molecular formula is C16H27N3O2. The molecule has 0 spiro atoms. The third kappa shape index (κ3) is 4.63. The second-order valence-electron chi connectivity index (χ2n) is 5.72. The fraction of sp³-hybridized carbons (Fsp3) is 0.562. The van der Waals surface area contributed by atoms with Crippen molar-refractivity contribution in [2.45, 2.75) is 46.1 Å². The highest BCUT2D eigenvalue weighted by molar-refractivity contribution is 5.93. The van der Waals surface area contributed by atoms with E-state index in [0.29, 0.717) is 35.3 Å². The Labute approximate surface area is 126 Å². The van der Waals surface area contributed by atoms with Crippen LogP contribution in [0.1, 0.15) is 49.5 Å². The van der Waals surface area contributed by atoms with Gasteiger partial charge >= 0.3 is 5.97 Å². The quantitative estimate of drug-likeness (QED) is 0.436. The van der Waals surface area contributed by atoms with E-state index < -0.39 is 5.97 Å². The molecule has 0 amide bonds. The molecule has 0 aliphatic rings. The molecule has 1 aromatic carbocycles. The molecule has 118 valence electrons. The van der Waals surface area contributed by atoms with Crippen LogP contribution in [0.4, 0.5) is 11.4 Å². The highest BCUT2D eigenvalue weighted by Crippen LogP contribution is 2.25. The monoisotopic (exact) mass is 293 g/mol. The molecule has 5 heteroatoms. The minimum atomic E-state index is -0.960. The molecule has 0 saturated heterocycles. The average Bonchev–Trinajstić information content (AvgIpc) is 2.42. The van der Waals surface area contributed by atoms with Gasteiger partial charge in [-0.05, 0) is 49.4 Å². The summed E-state index contributed by atoms with van der Waals surface area (Å²) in [4.78, 5) is 11.2. The summed E-state index contributed by atoms with van der Waals surface area (Å²) in [5, 5.41) is 12.7. The molecular weight excluding hydrogens is 266 g/mol. The summed E-state index contributed by atoms with van der Waals surface area (Å²) in [7, 11) is 0. The maximum absolute atomic E-state index is 11.2. The zero-order chi connectivity index (χ0) is 16.0. The minimum absolute atomic E-state index is 0.248. The highest BCUT2D eigenvalue weighted by atomic mass is 16.4. The molecule has 1 atom stereocenters. The summed E-state index contributed by atoms with van der Waals surface area (Å²) in [5.41, 5.74) is 13.4. The zero-order valence-electron chi connectivity index (χ0n) is 13.1. The van der Waals surface area contributed by atoms with Crippen LogP contribution in [0.3, 0.4) is 0 Å². The number of benzene rings is 1. The smallest absolute Gasteiger partial charge is 0.336 e. The summed E-state index contributed by atoms with van der Waals surface area (Å²) < 4.78 is 0. The largest absolute Gasteiger partial charge is 0.478 e. The van der Waals surface area contributed by atoms with Crippen LogP contribution in [-0.2, 0) is 6.42 Å². The summed E-state index contributed by atoms with van der Waals surface area (Å²) in [5.74, 6) is -0.375. The number of carboxylic acid groups (broad SMARTS) is 1. The number of hydrogen-bond donors (Lipinski definition) is 4. The van der Waals surface area contributed by atoms with Crippen LogP contribution in [-0.4, -0.2) is 23.7 Å². The second kappa shape index (κ2) is 7.88. The average molecular weight is 293 g/mol. The van der Waals surface area contributed by atoms with Gasteiger partial charge in [-0.3, -0.25) is 0 Å². The molecule has 0 heterocycles. The first-order valence-electron chi connectivity index (χ1n) is 7.51. The van der Waals surface area contributed by atoms with Crippen LogP contribution >= 0.6 is 0 Å². The molecule has 1 unspecified atom stereocenters. The highest BCUT2D eigenvalue weighted by Gasteiger charge is 2.15. The fourth-order valence-electron chi connectivity index (χ4n) is 2.56. The number of nitrogen functional groups attached to an aromatic ring is 2. The Bertz CT molecular complexity index is 487. The predicted molar refractivity (Wildman–Crippen MR) is 87.5 cm³/mol. The Morgan fingerprint density at radius 1 is 1.33 bits per heavy atom. The molecule has 0 aliphatic carbocycles. The Morgan fingerprint density at radius 2 is 2.00 bits per heavy atom. The van der Waals surface area contributed by atoms with E-state index >= 15 is 0 Å². The van der Waals surface area contributed by atoms with E-state index in [0.717, 1.165) is 19.4 Å². The Kier molecular flexibility index (Phi) is 6.49. The first-order chi connectivity index (χ1) is 9.88. The van der Waals surface area contributed by atoms with Gasteiger partial charge in [0.05, 0.1) is 16.9 Å². The lowest BCUT2D eigenvalue weighted by Crippen LogP contribution is -2.34. The minimum Gasteiger partial charge on any atom is -0.478 e. The topological polar surface area (TPSA) is 101 Å². The summed E-state index contributed by atoms with van der Waals surface area (Å²) in [6.07, 6.45) is 2.52. The van der Waals surface area contributed by atoms with E-state index in [-0.39, 0.29) is 5.56 Å². The van der Waals surface area contributed by atoms with Crippen LogP contribution in [0.5, 0.6) is 0 Å². The zero-order valence-corrected chi connectivity index (χ0v) is 13.1. The Morgan fingerprint density at radius 3 is 2.52 bits per heavy atom. The number of carbonyl (C=O) groups is 1. The fourth-order valence-corrected chi connectivity index (χ4v) is 2.56. The Hall–Kier alpha value is -1.75. The van der Waals surface area contributed by atoms with Crippen molar-refractivity contribution in [2.75, 3.05) is 18.0 Å². The lowest BCUT2D eigenvalue weighted by Gasteiger charge is -2.21. The van der Waals surface area contributed by atoms with Crippen molar-refractivity contribution >= 4 is 17.3 Å². The first kappa shape index (κ1) is 17.3. The van der Waals surface area contributed by atoms with Crippen molar-refractivity contribution in [3.8, 4) is 0 Å². The van der Waals surface area contributed by atoms with Crippen molar-refractivity contribution in [1.82, 2.24) is 5.32 Å². The van der Waals surface area contributed by atoms with Crippen molar-refractivity contribution in [3.05, 3.63) is 23.3 Å². The van der Waals surface area contributed by atoms with Crippen LogP contribution in [0.25, 0.3) is 0 Å². The van der Waals surface area contributed by atoms with Gasteiger partial charge in [0.2, 0.25) is 0 Å². The van der Waals surface area contributed by atoms with Crippen LogP contribution in [0.2, 0.25) is 0 Å². The van der Waals surface area contributed by atoms with Crippen LogP contribution < -0.4 is 16.8 Å². The van der Waals surface area contributed by atoms with Crippen LogP contribution in [0, 0.1) is 5.92 Å². The first-order valence-corrected chi connectivity index (χ1v) is 7.51. The maximum atomic E-state index is 11.2. The number of nitrogens with two attached hydrogens (primary N) is 2. The van der Waals surface area contributed by atoms with E-state index in [1.165, 1.54) is 6.07 Å². The molecule has 0 aliphatic heterocycles. The second-order valence-corrected chi connectivity index (χ2v) is 5.72. The maximum Gasteiger partial charge on any atom is 0.336 e. The van der Waals surface area contributed by atoms with Crippen molar-refractivity contribution in [2.24, 2.45) is 5.92 Å². The van der Waals surface area contributed by atoms with Gasteiger partial charge in [-0.25, -0.2) is 4.79 Å². The number of hydrogen-bond acceptors (Lipinski definition) is 4. The molecule has 6 N–H and O–H groups in total. The standard InChI is InChI=1S/C16H27N3O2/c1-4-14(10(2)3)19-9-5-6-11-12(16(20)21)7-8-13(17)15(11)18/h7-8,10,14,19H,4-6,9,17-18H2,1-3H3,(H,20,21). The van der Waals surface area contributed by atoms with E-state index in [2.05, 4.69) is 26.1 Å². The molecule has 0 radical (unpaired) electrons. The van der Waals surface area contributed by atoms with Crippen molar-refractivity contribution in [3.63, 3.8) is 0 Å². The molecule has 1 aromatic rings. The van der Waals surface area contributed by atoms with Crippen molar-refractivity contribution in [1.29, 1.82) is 0 Å². The van der Waals surface area contributed by atoms with Gasteiger partial charge in [-0.2, -0.15) is 0 Å². The normalized spacial score (nSPS) is 12.6. The Balaban J connectivity index is 2.67. The number of anilines is 2. The third-order valence-corrected chi connectivity index (χ3v) is 3.88. The van der Waals surface area contributed by atoms with Gasteiger partial charge in [0.15, 0.2) is 0 Å². The molecule has 0 aromatic heterocycles. The van der Waals surface area contributed by atoms with Crippen LogP contribution in [0.15, 0.2) is 12.1 Å². The summed E-state index contributed by atoms with van der Waals surface area (Å²) in [6, 6.07) is 3.56. The molecule has 0 fully saturated rings. The van der Waals surface area contributed by atoms with Gasteiger partial charge in [0.1, 0.15) is 0 Å². The number of carboxylic acids is 1. The van der Waals surface area contributed by atoms with E-state index in [4.69, 9.17) is 11.5 Å². The lowest BCUT2D eigenvalue weighted by molar-refractivity contribution is 0.0695. The molecule has 21 heavy (non-hydrogen) atoms. The predicted octanol–water partition coefficient (Wildman–Crippen LogP) is 2.51. The lowest BCUT2D eigenvalue weighted by atomic mass is 9.98. The van der Waals surface area contributed by atoms with Gasteiger partial charge < -0.3 is 21.9 Å². The van der Waals surface area contributed by atoms with Gasteiger partial charge in [-0.15, -0.1) is 0 Å². The van der Waals surface area contributed by atoms with Gasteiger partial charge in [-0.1, -0.05) is 20.8 Å². The van der Waals surface area contributed by atoms with E-state index in [1.54, 1.807) is 6.07 Å². The van der Waals surface area contributed by atoms with E-state index in [9.17, 15) is 9.90 Å². The number of rotatable bonds is 8. The molecule has 0 bridgehead atoms. The molecule has 5 nitrogen and oxygen atoms in total. The number of aromatic carboxylic acids is 1.